The molecular formula is C11H5Cl2FN4. The largest absolute Gasteiger partial charge is 0.278 e. The summed E-state index contributed by atoms with van der Waals surface area (Å²) in [5.41, 5.74) is 1.00. The Bertz CT molecular complexity index is 741. The van der Waals surface area contributed by atoms with Gasteiger partial charge in [0.15, 0.2) is 16.6 Å². The van der Waals surface area contributed by atoms with Crippen LogP contribution >= 0.6 is 23.2 Å². The highest BCUT2D eigenvalue weighted by atomic mass is 35.5. The maximum Gasteiger partial charge on any atom is 0.198 e. The van der Waals surface area contributed by atoms with Crippen molar-refractivity contribution in [3.63, 3.8) is 0 Å². The predicted molar refractivity (Wildman–Crippen MR) is 66.2 cm³/mol. The average molecular weight is 283 g/mol. The van der Waals surface area contributed by atoms with Crippen molar-refractivity contribution >= 4 is 28.8 Å². The van der Waals surface area contributed by atoms with Gasteiger partial charge >= 0.3 is 0 Å². The number of halogens is 3. The molecule has 0 aliphatic heterocycles. The fourth-order valence-electron chi connectivity index (χ4n) is 1.65. The van der Waals surface area contributed by atoms with Crippen molar-refractivity contribution in [3.05, 3.63) is 46.6 Å². The fraction of sp³-hybridized carbons (Fsp3) is 0. The minimum Gasteiger partial charge on any atom is -0.278 e. The SMILES string of the molecule is Fc1ccc(-c2nnc3c(Cl)nccn23)c(Cl)c1. The van der Waals surface area contributed by atoms with Gasteiger partial charge in [-0.25, -0.2) is 9.37 Å². The molecule has 0 aliphatic carbocycles. The first kappa shape index (κ1) is 11.4. The number of benzene rings is 1. The molecule has 2 aromatic heterocycles. The van der Waals surface area contributed by atoms with Crippen LogP contribution in [0, 0.1) is 5.82 Å². The number of fused-ring (bicyclic) bond motifs is 1. The number of aromatic nitrogens is 4. The molecule has 2 heterocycles. The molecule has 4 nitrogen and oxygen atoms in total. The smallest absolute Gasteiger partial charge is 0.198 e. The molecule has 0 saturated heterocycles. The summed E-state index contributed by atoms with van der Waals surface area (Å²) in [6.07, 6.45) is 3.19. The average Bonchev–Trinajstić information content (AvgIpc) is 2.74. The minimum atomic E-state index is -0.405. The lowest BCUT2D eigenvalue weighted by molar-refractivity contribution is 0.628. The molecule has 0 amide bonds. The van der Waals surface area contributed by atoms with Gasteiger partial charge < -0.3 is 0 Å². The highest BCUT2D eigenvalue weighted by Gasteiger charge is 2.13. The zero-order valence-electron chi connectivity index (χ0n) is 8.81. The van der Waals surface area contributed by atoms with Crippen LogP contribution in [0.25, 0.3) is 17.0 Å². The summed E-state index contributed by atoms with van der Waals surface area (Å²) in [4.78, 5) is 3.90. The van der Waals surface area contributed by atoms with E-state index in [1.807, 2.05) is 0 Å². The zero-order valence-corrected chi connectivity index (χ0v) is 10.3. The van der Waals surface area contributed by atoms with Gasteiger partial charge in [-0.15, -0.1) is 10.2 Å². The lowest BCUT2D eigenvalue weighted by atomic mass is 10.2. The standard InChI is InChI=1S/C11H5Cl2FN4/c12-8-5-6(14)1-2-7(8)10-16-17-11-9(13)15-3-4-18(10)11/h1-5H. The van der Waals surface area contributed by atoms with Crippen LogP contribution in [0.2, 0.25) is 10.2 Å². The summed E-state index contributed by atoms with van der Waals surface area (Å²) >= 11 is 11.9. The van der Waals surface area contributed by atoms with E-state index in [9.17, 15) is 4.39 Å². The summed E-state index contributed by atoms with van der Waals surface area (Å²) in [5.74, 6) is 0.0802. The summed E-state index contributed by atoms with van der Waals surface area (Å²) in [6.45, 7) is 0. The van der Waals surface area contributed by atoms with Crippen molar-refractivity contribution in [2.45, 2.75) is 0 Å². The van der Waals surface area contributed by atoms with Crippen molar-refractivity contribution in [3.8, 4) is 11.4 Å². The van der Waals surface area contributed by atoms with Crippen LogP contribution in [0.3, 0.4) is 0 Å². The van der Waals surface area contributed by atoms with E-state index in [1.54, 1.807) is 16.7 Å². The van der Waals surface area contributed by atoms with Crippen LogP contribution < -0.4 is 0 Å². The summed E-state index contributed by atoms with van der Waals surface area (Å²) in [7, 11) is 0. The second-order valence-electron chi connectivity index (χ2n) is 3.56. The van der Waals surface area contributed by atoms with Crippen molar-refractivity contribution in [2.75, 3.05) is 0 Å². The third-order valence-corrected chi connectivity index (χ3v) is 3.04. The normalized spacial score (nSPS) is 11.1. The summed E-state index contributed by atoms with van der Waals surface area (Å²) < 4.78 is 14.7. The molecule has 0 saturated carbocycles. The Kier molecular flexibility index (Phi) is 2.65. The molecule has 0 N–H and O–H groups in total. The summed E-state index contributed by atoms with van der Waals surface area (Å²) in [5, 5.41) is 8.43. The molecule has 7 heteroatoms. The fourth-order valence-corrected chi connectivity index (χ4v) is 2.09. The van der Waals surface area contributed by atoms with Crippen LogP contribution in [0.4, 0.5) is 4.39 Å². The van der Waals surface area contributed by atoms with Gasteiger partial charge in [-0.3, -0.25) is 4.40 Å². The first-order valence-electron chi connectivity index (χ1n) is 4.97. The van der Waals surface area contributed by atoms with E-state index in [0.29, 0.717) is 17.0 Å². The molecule has 0 aliphatic rings. The highest BCUT2D eigenvalue weighted by Crippen LogP contribution is 2.28. The topological polar surface area (TPSA) is 43.1 Å². The Balaban J connectivity index is 2.29. The van der Waals surface area contributed by atoms with Gasteiger partial charge in [0.2, 0.25) is 0 Å². The molecule has 18 heavy (non-hydrogen) atoms. The maximum absolute atomic E-state index is 13.0. The lowest BCUT2D eigenvalue weighted by Gasteiger charge is -2.02. The van der Waals surface area contributed by atoms with E-state index in [4.69, 9.17) is 23.2 Å². The second-order valence-corrected chi connectivity index (χ2v) is 4.32. The van der Waals surface area contributed by atoms with Gasteiger partial charge in [0.1, 0.15) is 5.82 Å². The zero-order chi connectivity index (χ0) is 12.7. The van der Waals surface area contributed by atoms with Crippen LogP contribution in [0.1, 0.15) is 0 Å². The van der Waals surface area contributed by atoms with E-state index in [1.165, 1.54) is 18.3 Å². The molecular weight excluding hydrogens is 278 g/mol. The molecule has 0 spiro atoms. The second kappa shape index (κ2) is 4.19. The Morgan fingerprint density at radius 1 is 1.17 bits per heavy atom. The highest BCUT2D eigenvalue weighted by molar-refractivity contribution is 6.33. The van der Waals surface area contributed by atoms with E-state index >= 15 is 0 Å². The monoisotopic (exact) mass is 282 g/mol. The summed E-state index contributed by atoms with van der Waals surface area (Å²) in [6, 6.07) is 4.08. The molecule has 1 aromatic carbocycles. The number of hydrogen-bond acceptors (Lipinski definition) is 3. The van der Waals surface area contributed by atoms with Gasteiger partial charge in [-0.1, -0.05) is 23.2 Å². The molecule has 3 rings (SSSR count). The van der Waals surface area contributed by atoms with Gasteiger partial charge in [-0.05, 0) is 18.2 Å². The van der Waals surface area contributed by atoms with Crippen molar-refractivity contribution in [1.29, 1.82) is 0 Å². The lowest BCUT2D eigenvalue weighted by Crippen LogP contribution is -1.92. The van der Waals surface area contributed by atoms with Crippen molar-refractivity contribution in [1.82, 2.24) is 19.6 Å². The van der Waals surface area contributed by atoms with E-state index in [0.717, 1.165) is 0 Å². The van der Waals surface area contributed by atoms with E-state index in [-0.39, 0.29) is 10.2 Å². The number of nitrogens with zero attached hydrogens (tertiary/aromatic N) is 4. The number of hydrogen-bond donors (Lipinski definition) is 0. The van der Waals surface area contributed by atoms with Gasteiger partial charge in [0.25, 0.3) is 0 Å². The molecule has 3 aromatic rings. The molecule has 90 valence electrons. The van der Waals surface area contributed by atoms with Crippen molar-refractivity contribution < 1.29 is 4.39 Å². The molecule has 0 atom stereocenters. The molecule has 0 unspecified atom stereocenters. The minimum absolute atomic E-state index is 0.245. The Morgan fingerprint density at radius 2 is 2.00 bits per heavy atom. The number of rotatable bonds is 1. The van der Waals surface area contributed by atoms with Crippen LogP contribution in [-0.4, -0.2) is 19.6 Å². The Morgan fingerprint density at radius 3 is 2.78 bits per heavy atom. The first-order chi connectivity index (χ1) is 8.66. The molecule has 0 fully saturated rings. The molecule has 0 bridgehead atoms. The van der Waals surface area contributed by atoms with Crippen LogP contribution in [-0.2, 0) is 0 Å². The van der Waals surface area contributed by atoms with Crippen molar-refractivity contribution in [2.24, 2.45) is 0 Å². The predicted octanol–water partition coefficient (Wildman–Crippen LogP) is 3.24. The van der Waals surface area contributed by atoms with E-state index < -0.39 is 5.82 Å². The molecule has 0 radical (unpaired) electrons. The Labute approximate surface area is 111 Å². The van der Waals surface area contributed by atoms with Crippen LogP contribution in [0.15, 0.2) is 30.6 Å². The van der Waals surface area contributed by atoms with Gasteiger partial charge in [0, 0.05) is 18.0 Å². The van der Waals surface area contributed by atoms with E-state index in [2.05, 4.69) is 15.2 Å². The van der Waals surface area contributed by atoms with Gasteiger partial charge in [0.05, 0.1) is 5.02 Å². The third kappa shape index (κ3) is 1.72. The quantitative estimate of drug-likeness (QED) is 0.688. The third-order valence-electron chi connectivity index (χ3n) is 2.46. The first-order valence-corrected chi connectivity index (χ1v) is 5.73. The Hall–Kier alpha value is -1.72. The maximum atomic E-state index is 13.0. The van der Waals surface area contributed by atoms with Gasteiger partial charge in [-0.2, -0.15) is 0 Å². The van der Waals surface area contributed by atoms with Crippen LogP contribution in [0.5, 0.6) is 0 Å².